The quantitative estimate of drug-likeness (QED) is 0.249. The molecule has 25 heavy (non-hydrogen) atoms. The largest absolute Gasteiger partial charge is 0.293 e. The molecule has 1 rings (SSSR count). The predicted octanol–water partition coefficient (Wildman–Crippen LogP) is 7.30. The lowest BCUT2D eigenvalue weighted by Crippen LogP contribution is -2.19. The molecule has 1 aliphatic rings. The summed E-state index contributed by atoms with van der Waals surface area (Å²) in [6.07, 6.45) is 18.3. The zero-order valence-corrected chi connectivity index (χ0v) is 16.6. The highest BCUT2D eigenvalue weighted by molar-refractivity contribution is 5.72. The van der Waals surface area contributed by atoms with Crippen LogP contribution in [0.2, 0.25) is 0 Å². The van der Waals surface area contributed by atoms with Gasteiger partial charge in [0.2, 0.25) is 0 Å². The molecule has 0 aromatic heterocycles. The molecule has 2 heteroatoms. The van der Waals surface area contributed by atoms with Crippen LogP contribution in [0.1, 0.15) is 66.7 Å². The Labute approximate surface area is 153 Å². The van der Waals surface area contributed by atoms with Crippen molar-refractivity contribution in [3.8, 4) is 0 Å². The maximum Gasteiger partial charge on any atom is 0.123 e. The first kappa shape index (κ1) is 21.3. The van der Waals surface area contributed by atoms with E-state index in [0.717, 1.165) is 31.4 Å². The van der Waals surface area contributed by atoms with Gasteiger partial charge in [-0.05, 0) is 74.3 Å². The minimum atomic E-state index is -0.220. The molecule has 0 radical (unpaired) electrons. The molecule has 0 heterocycles. The zero-order valence-electron chi connectivity index (χ0n) is 16.6. The summed E-state index contributed by atoms with van der Waals surface area (Å²) in [5.74, 6) is -0.220. The molecular formula is C23H34FN. The number of allylic oxidation sites excluding steroid dienone is 10. The molecule has 0 aromatic rings. The van der Waals surface area contributed by atoms with Crippen LogP contribution in [0, 0.1) is 5.41 Å². The minimum absolute atomic E-state index is 0.144. The Morgan fingerprint density at radius 2 is 2.00 bits per heavy atom. The minimum Gasteiger partial charge on any atom is -0.293 e. The summed E-state index contributed by atoms with van der Waals surface area (Å²) >= 11 is 0. The highest BCUT2D eigenvalue weighted by atomic mass is 19.1. The molecule has 1 aliphatic carbocycles. The third kappa shape index (κ3) is 8.29. The Morgan fingerprint density at radius 3 is 2.68 bits per heavy atom. The van der Waals surface area contributed by atoms with E-state index in [2.05, 4.69) is 32.7 Å². The standard InChI is InChI=1S/C23H34FN/c1-6-7-17-25-18-15-19(2)10-8-12-21(24)13-14-22-20(3)11-9-16-23(22,4)5/h8,10,12-15,18H,6-7,9,11,16-17H2,1-5H3/b10-8+,14-13+,19-15+,21-12-,25-18?. The lowest BCUT2D eigenvalue weighted by Gasteiger charge is -2.32. The van der Waals surface area contributed by atoms with Gasteiger partial charge in [-0.15, -0.1) is 0 Å². The summed E-state index contributed by atoms with van der Waals surface area (Å²) in [6, 6.07) is 0. The molecule has 0 unspecified atom stereocenters. The van der Waals surface area contributed by atoms with Crippen LogP contribution in [-0.4, -0.2) is 12.8 Å². The second kappa shape index (κ2) is 11.0. The summed E-state index contributed by atoms with van der Waals surface area (Å²) in [6.45, 7) is 11.7. The van der Waals surface area contributed by atoms with Crippen LogP contribution in [0.4, 0.5) is 4.39 Å². The van der Waals surface area contributed by atoms with E-state index in [4.69, 9.17) is 0 Å². The first-order valence-electron chi connectivity index (χ1n) is 9.45. The fourth-order valence-electron chi connectivity index (χ4n) is 3.07. The van der Waals surface area contributed by atoms with Crippen molar-refractivity contribution < 1.29 is 4.39 Å². The number of halogens is 1. The SMILES string of the molecule is CCCCN=C/C=C(C)/C=C/C=C(F)/C=C/C1=C(C)CCCC1(C)C. The van der Waals surface area contributed by atoms with Crippen molar-refractivity contribution in [2.24, 2.45) is 10.4 Å². The van der Waals surface area contributed by atoms with E-state index in [-0.39, 0.29) is 11.2 Å². The van der Waals surface area contributed by atoms with Gasteiger partial charge >= 0.3 is 0 Å². The molecule has 0 atom stereocenters. The zero-order chi connectivity index (χ0) is 18.7. The number of hydrogen-bond donors (Lipinski definition) is 0. The van der Waals surface area contributed by atoms with Gasteiger partial charge in [0.1, 0.15) is 5.83 Å². The summed E-state index contributed by atoms with van der Waals surface area (Å²) in [5.41, 5.74) is 3.87. The van der Waals surface area contributed by atoms with Crippen LogP contribution in [0.15, 0.2) is 64.0 Å². The third-order valence-electron chi connectivity index (χ3n) is 4.65. The average Bonchev–Trinajstić information content (AvgIpc) is 2.53. The van der Waals surface area contributed by atoms with E-state index >= 15 is 0 Å². The second-order valence-electron chi connectivity index (χ2n) is 7.49. The molecule has 0 spiro atoms. The average molecular weight is 344 g/mol. The Bertz CT molecular complexity index is 598. The fourth-order valence-corrected chi connectivity index (χ4v) is 3.07. The molecule has 0 bridgehead atoms. The Kier molecular flexibility index (Phi) is 9.41. The van der Waals surface area contributed by atoms with E-state index in [9.17, 15) is 4.39 Å². The maximum atomic E-state index is 14.0. The van der Waals surface area contributed by atoms with Gasteiger partial charge in [-0.25, -0.2) is 4.39 Å². The van der Waals surface area contributed by atoms with E-state index < -0.39 is 0 Å². The Hall–Kier alpha value is -1.70. The Morgan fingerprint density at radius 1 is 1.24 bits per heavy atom. The van der Waals surface area contributed by atoms with Gasteiger partial charge < -0.3 is 0 Å². The van der Waals surface area contributed by atoms with Crippen LogP contribution in [0.25, 0.3) is 0 Å². The number of aliphatic imine (C=N–C) groups is 1. The molecular weight excluding hydrogens is 309 g/mol. The first-order chi connectivity index (χ1) is 11.9. The van der Waals surface area contributed by atoms with Crippen molar-refractivity contribution in [2.75, 3.05) is 6.54 Å². The van der Waals surface area contributed by atoms with Crippen LogP contribution >= 0.6 is 0 Å². The van der Waals surface area contributed by atoms with Crippen molar-refractivity contribution in [1.82, 2.24) is 0 Å². The molecule has 1 nitrogen and oxygen atoms in total. The van der Waals surface area contributed by atoms with Gasteiger partial charge in [-0.1, -0.05) is 51.0 Å². The van der Waals surface area contributed by atoms with Crippen LogP contribution < -0.4 is 0 Å². The van der Waals surface area contributed by atoms with Gasteiger partial charge in [0.05, 0.1) is 0 Å². The van der Waals surface area contributed by atoms with Gasteiger partial charge in [0, 0.05) is 12.8 Å². The molecule has 0 aromatic carbocycles. The molecule has 0 saturated carbocycles. The lowest BCUT2D eigenvalue weighted by molar-refractivity contribution is 0.376. The molecule has 0 aliphatic heterocycles. The summed E-state index contributed by atoms with van der Waals surface area (Å²) in [5, 5.41) is 0. The number of hydrogen-bond acceptors (Lipinski definition) is 1. The van der Waals surface area contributed by atoms with Crippen molar-refractivity contribution >= 4 is 6.21 Å². The van der Waals surface area contributed by atoms with Crippen LogP contribution in [0.3, 0.4) is 0 Å². The smallest absolute Gasteiger partial charge is 0.123 e. The van der Waals surface area contributed by atoms with E-state index in [1.54, 1.807) is 12.2 Å². The van der Waals surface area contributed by atoms with E-state index in [1.165, 1.54) is 30.1 Å². The number of rotatable bonds is 8. The normalized spacial score (nSPS) is 19.8. The van der Waals surface area contributed by atoms with Crippen molar-refractivity contribution in [2.45, 2.75) is 66.7 Å². The molecule has 0 N–H and O–H groups in total. The summed E-state index contributed by atoms with van der Waals surface area (Å²) < 4.78 is 14.0. The highest BCUT2D eigenvalue weighted by Gasteiger charge is 2.26. The van der Waals surface area contributed by atoms with Crippen LogP contribution in [0.5, 0.6) is 0 Å². The van der Waals surface area contributed by atoms with Gasteiger partial charge in [-0.2, -0.15) is 0 Å². The summed E-state index contributed by atoms with van der Waals surface area (Å²) in [7, 11) is 0. The molecule has 0 saturated heterocycles. The van der Waals surface area contributed by atoms with Gasteiger partial charge in [0.15, 0.2) is 0 Å². The van der Waals surface area contributed by atoms with E-state index in [1.807, 2.05) is 31.4 Å². The predicted molar refractivity (Wildman–Crippen MR) is 110 cm³/mol. The van der Waals surface area contributed by atoms with Crippen molar-refractivity contribution in [3.05, 3.63) is 59.0 Å². The number of unbranched alkanes of at least 4 members (excludes halogenated alkanes) is 1. The topological polar surface area (TPSA) is 12.4 Å². The molecule has 0 fully saturated rings. The molecule has 138 valence electrons. The third-order valence-corrected chi connectivity index (χ3v) is 4.65. The van der Waals surface area contributed by atoms with Gasteiger partial charge in [-0.3, -0.25) is 4.99 Å². The highest BCUT2D eigenvalue weighted by Crippen LogP contribution is 2.40. The fraction of sp³-hybridized carbons (Fsp3) is 0.522. The monoisotopic (exact) mass is 343 g/mol. The second-order valence-corrected chi connectivity index (χ2v) is 7.49. The van der Waals surface area contributed by atoms with Crippen molar-refractivity contribution in [1.29, 1.82) is 0 Å². The van der Waals surface area contributed by atoms with Crippen LogP contribution in [-0.2, 0) is 0 Å². The Balaban J connectivity index is 2.63. The maximum absolute atomic E-state index is 14.0. The summed E-state index contributed by atoms with van der Waals surface area (Å²) in [4.78, 5) is 4.31. The number of nitrogens with zero attached hydrogens (tertiary/aromatic N) is 1. The van der Waals surface area contributed by atoms with Gasteiger partial charge in [0.25, 0.3) is 0 Å². The van der Waals surface area contributed by atoms with Crippen molar-refractivity contribution in [3.63, 3.8) is 0 Å². The van der Waals surface area contributed by atoms with E-state index in [0.29, 0.717) is 0 Å². The molecule has 0 amide bonds. The lowest BCUT2D eigenvalue weighted by atomic mass is 9.72. The first-order valence-corrected chi connectivity index (χ1v) is 9.45.